The van der Waals surface area contributed by atoms with E-state index < -0.39 is 29.7 Å². The van der Waals surface area contributed by atoms with Crippen LogP contribution < -0.4 is 5.32 Å². The Balaban J connectivity index is 1.65. The summed E-state index contributed by atoms with van der Waals surface area (Å²) < 4.78 is 45.8. The van der Waals surface area contributed by atoms with Crippen LogP contribution in [0.5, 0.6) is 0 Å². The van der Waals surface area contributed by atoms with Gasteiger partial charge in [-0.2, -0.15) is 18.2 Å². The topological polar surface area (TPSA) is 86.1 Å². The van der Waals surface area contributed by atoms with Crippen LogP contribution >= 0.6 is 11.3 Å². The van der Waals surface area contributed by atoms with Crippen LogP contribution in [0.3, 0.4) is 0 Å². The Bertz CT molecular complexity index is 1110. The molecular weight excluding hydrogens is 433 g/mol. The first kappa shape index (κ1) is 21.0. The summed E-state index contributed by atoms with van der Waals surface area (Å²) in [6, 6.07) is 8.11. The molecular formula is C20H17F3N4O3S. The van der Waals surface area contributed by atoms with Crippen molar-refractivity contribution < 1.29 is 27.5 Å². The maximum absolute atomic E-state index is 13.1. The molecule has 0 saturated heterocycles. The molecule has 3 aromatic rings. The van der Waals surface area contributed by atoms with E-state index in [0.717, 1.165) is 29.7 Å². The van der Waals surface area contributed by atoms with Gasteiger partial charge in [-0.25, -0.2) is 9.48 Å². The highest BCUT2D eigenvalue weighted by molar-refractivity contribution is 7.13. The predicted octanol–water partition coefficient (Wildman–Crippen LogP) is 3.84. The van der Waals surface area contributed by atoms with Crippen molar-refractivity contribution in [2.24, 2.45) is 0 Å². The van der Waals surface area contributed by atoms with Gasteiger partial charge in [-0.05, 0) is 49.4 Å². The third-order valence-electron chi connectivity index (χ3n) is 4.53. The molecule has 1 aliphatic carbocycles. The number of nitrogens with one attached hydrogen (secondary N) is 1. The number of esters is 1. The van der Waals surface area contributed by atoms with Crippen LogP contribution in [0.1, 0.15) is 35.9 Å². The van der Waals surface area contributed by atoms with Crippen molar-refractivity contribution >= 4 is 23.2 Å². The Morgan fingerprint density at radius 2 is 2.03 bits per heavy atom. The molecule has 1 N–H and O–H groups in total. The molecule has 11 heteroatoms. The number of carbonyl (C=O) groups is 2. The van der Waals surface area contributed by atoms with Crippen molar-refractivity contribution in [3.05, 3.63) is 53.2 Å². The molecule has 1 atom stereocenters. The zero-order valence-electron chi connectivity index (χ0n) is 16.2. The average Bonchev–Trinajstić information content (AvgIpc) is 3.20. The molecule has 2 heterocycles. The SMILES string of the molecule is C[C@@H](OC(=O)c1nc(-c2cccs2)n(-c2cccc(C(F)(F)F)c2)n1)C(=O)NC1CC1. The first-order valence-corrected chi connectivity index (χ1v) is 10.3. The Kier molecular flexibility index (Phi) is 5.52. The van der Waals surface area contributed by atoms with E-state index in [1.54, 1.807) is 17.5 Å². The third kappa shape index (κ3) is 4.76. The lowest BCUT2D eigenvalue weighted by atomic mass is 10.2. The van der Waals surface area contributed by atoms with Crippen molar-refractivity contribution in [3.63, 3.8) is 0 Å². The fourth-order valence-corrected chi connectivity index (χ4v) is 3.47. The van der Waals surface area contributed by atoms with Crippen LogP contribution in [0.15, 0.2) is 41.8 Å². The molecule has 2 aromatic heterocycles. The van der Waals surface area contributed by atoms with E-state index in [9.17, 15) is 22.8 Å². The number of nitrogens with zero attached hydrogens (tertiary/aromatic N) is 3. The fourth-order valence-electron chi connectivity index (χ4n) is 2.77. The summed E-state index contributed by atoms with van der Waals surface area (Å²) in [5.41, 5.74) is -0.767. The van der Waals surface area contributed by atoms with E-state index in [1.807, 2.05) is 0 Å². The van der Waals surface area contributed by atoms with E-state index >= 15 is 0 Å². The van der Waals surface area contributed by atoms with Gasteiger partial charge in [0.05, 0.1) is 16.1 Å². The first-order chi connectivity index (χ1) is 14.7. The molecule has 4 rings (SSSR count). The second-order valence-electron chi connectivity index (χ2n) is 7.03. The lowest BCUT2D eigenvalue weighted by Crippen LogP contribution is -2.37. The summed E-state index contributed by atoms with van der Waals surface area (Å²) in [7, 11) is 0. The van der Waals surface area contributed by atoms with Crippen LogP contribution in [0.4, 0.5) is 13.2 Å². The van der Waals surface area contributed by atoms with Gasteiger partial charge in [-0.3, -0.25) is 4.79 Å². The summed E-state index contributed by atoms with van der Waals surface area (Å²) in [5.74, 6) is -1.53. The quantitative estimate of drug-likeness (QED) is 0.577. The third-order valence-corrected chi connectivity index (χ3v) is 5.39. The van der Waals surface area contributed by atoms with Gasteiger partial charge >= 0.3 is 12.1 Å². The molecule has 162 valence electrons. The van der Waals surface area contributed by atoms with Gasteiger partial charge in [0.1, 0.15) is 0 Å². The second-order valence-corrected chi connectivity index (χ2v) is 7.97. The molecule has 1 aromatic carbocycles. The minimum Gasteiger partial charge on any atom is -0.447 e. The minimum atomic E-state index is -4.54. The van der Waals surface area contributed by atoms with Gasteiger partial charge in [0.2, 0.25) is 0 Å². The van der Waals surface area contributed by atoms with Gasteiger partial charge in [0.25, 0.3) is 11.7 Å². The van der Waals surface area contributed by atoms with E-state index in [0.29, 0.717) is 4.88 Å². The largest absolute Gasteiger partial charge is 0.447 e. The summed E-state index contributed by atoms with van der Waals surface area (Å²) in [4.78, 5) is 29.4. The van der Waals surface area contributed by atoms with E-state index in [1.165, 1.54) is 30.4 Å². The summed E-state index contributed by atoms with van der Waals surface area (Å²) in [5, 5.41) is 8.58. The van der Waals surface area contributed by atoms with Gasteiger partial charge in [-0.1, -0.05) is 12.1 Å². The number of rotatable bonds is 6. The summed E-state index contributed by atoms with van der Waals surface area (Å²) >= 11 is 1.29. The highest BCUT2D eigenvalue weighted by atomic mass is 32.1. The molecule has 31 heavy (non-hydrogen) atoms. The molecule has 1 aliphatic rings. The maximum atomic E-state index is 13.1. The van der Waals surface area contributed by atoms with Crippen molar-refractivity contribution in [3.8, 4) is 16.4 Å². The second kappa shape index (κ2) is 8.14. The molecule has 0 aliphatic heterocycles. The molecule has 0 unspecified atom stereocenters. The number of hydrogen-bond donors (Lipinski definition) is 1. The predicted molar refractivity (Wildman–Crippen MR) is 106 cm³/mol. The van der Waals surface area contributed by atoms with Crippen molar-refractivity contribution in [2.75, 3.05) is 0 Å². The number of ether oxygens (including phenoxy) is 1. The van der Waals surface area contributed by atoms with Crippen LogP contribution in [0.25, 0.3) is 16.4 Å². The number of thiophene rings is 1. The van der Waals surface area contributed by atoms with E-state index in [-0.39, 0.29) is 23.4 Å². The van der Waals surface area contributed by atoms with Gasteiger partial charge in [0, 0.05) is 6.04 Å². The first-order valence-electron chi connectivity index (χ1n) is 9.42. The zero-order chi connectivity index (χ0) is 22.2. The number of alkyl halides is 3. The number of halogens is 3. The average molecular weight is 450 g/mol. The van der Waals surface area contributed by atoms with Crippen LogP contribution in [0.2, 0.25) is 0 Å². The summed E-state index contributed by atoms with van der Waals surface area (Å²) in [6.45, 7) is 1.43. The van der Waals surface area contributed by atoms with E-state index in [2.05, 4.69) is 15.4 Å². The normalized spacial score (nSPS) is 14.8. The molecule has 1 amide bonds. The van der Waals surface area contributed by atoms with Gasteiger partial charge < -0.3 is 10.1 Å². The highest BCUT2D eigenvalue weighted by Gasteiger charge is 2.32. The number of carbonyl (C=O) groups excluding carboxylic acids is 2. The number of hydrogen-bond acceptors (Lipinski definition) is 6. The molecule has 7 nitrogen and oxygen atoms in total. The molecule has 1 saturated carbocycles. The smallest absolute Gasteiger partial charge is 0.416 e. The van der Waals surface area contributed by atoms with Crippen molar-refractivity contribution in [1.82, 2.24) is 20.1 Å². The number of amides is 1. The molecule has 1 fully saturated rings. The van der Waals surface area contributed by atoms with E-state index in [4.69, 9.17) is 4.74 Å². The molecule has 0 bridgehead atoms. The Hall–Kier alpha value is -3.21. The fraction of sp³-hybridized carbons (Fsp3) is 0.300. The van der Waals surface area contributed by atoms with Crippen LogP contribution in [0, 0.1) is 0 Å². The molecule has 0 radical (unpaired) electrons. The summed E-state index contributed by atoms with van der Waals surface area (Å²) in [6.07, 6.45) is -3.82. The molecule has 0 spiro atoms. The lowest BCUT2D eigenvalue weighted by Gasteiger charge is -2.11. The zero-order valence-corrected chi connectivity index (χ0v) is 17.0. The highest BCUT2D eigenvalue weighted by Crippen LogP contribution is 2.32. The Morgan fingerprint density at radius 1 is 1.26 bits per heavy atom. The minimum absolute atomic E-state index is 0.0873. The van der Waals surface area contributed by atoms with Crippen molar-refractivity contribution in [1.29, 1.82) is 0 Å². The number of benzene rings is 1. The standard InChI is InChI=1S/C20H17F3N4O3S/c1-11(18(28)24-13-7-8-13)30-19(29)16-25-17(15-6-3-9-31-15)27(26-16)14-5-2-4-12(10-14)20(21,22)23/h2-6,9-11,13H,7-8H2,1H3,(H,24,28)/t11-/m1/s1. The van der Waals surface area contributed by atoms with Gasteiger partial charge in [0.15, 0.2) is 11.9 Å². The van der Waals surface area contributed by atoms with Crippen molar-refractivity contribution in [2.45, 2.75) is 38.1 Å². The maximum Gasteiger partial charge on any atom is 0.416 e. The van der Waals surface area contributed by atoms with Crippen LogP contribution in [-0.4, -0.2) is 38.8 Å². The van der Waals surface area contributed by atoms with Crippen LogP contribution in [-0.2, 0) is 15.7 Å². The van der Waals surface area contributed by atoms with Gasteiger partial charge in [-0.15, -0.1) is 16.4 Å². The number of aromatic nitrogens is 3. The Morgan fingerprint density at radius 3 is 2.68 bits per heavy atom. The Labute approximate surface area is 178 Å². The monoisotopic (exact) mass is 450 g/mol. The lowest BCUT2D eigenvalue weighted by molar-refractivity contribution is -0.137.